The molecule has 2 rings (SSSR count). The zero-order valence-corrected chi connectivity index (χ0v) is 14.4. The average Bonchev–Trinajstić information content (AvgIpc) is 2.48. The number of rotatable bonds is 2. The Kier molecular flexibility index (Phi) is 11.0. The molecule has 1 aliphatic heterocycles. The van der Waals surface area contributed by atoms with Crippen LogP contribution in [0, 0.1) is 6.92 Å². The van der Waals surface area contributed by atoms with Gasteiger partial charge in [0, 0.05) is 17.3 Å². The Morgan fingerprint density at radius 2 is 1.68 bits per heavy atom. The molecule has 110 valence electrons. The number of halogens is 1. The van der Waals surface area contributed by atoms with Crippen molar-refractivity contribution in [3.63, 3.8) is 0 Å². The van der Waals surface area contributed by atoms with Crippen LogP contribution >= 0.6 is 15.9 Å². The first-order valence-electron chi connectivity index (χ1n) is 7.26. The number of aryl methyl sites for hydroxylation is 1. The lowest BCUT2D eigenvalue weighted by molar-refractivity contribution is 0.0255. The Bertz CT molecular complexity index is 334. The first kappa shape index (κ1) is 18.5. The molecular formula is C16H27BrO2. The normalized spacial score (nSPS) is 14.6. The van der Waals surface area contributed by atoms with Crippen molar-refractivity contribution in [3.8, 4) is 5.75 Å². The third-order valence-corrected chi connectivity index (χ3v) is 3.49. The van der Waals surface area contributed by atoms with Gasteiger partial charge in [-0.2, -0.15) is 0 Å². The van der Waals surface area contributed by atoms with E-state index in [2.05, 4.69) is 28.9 Å². The Labute approximate surface area is 126 Å². The van der Waals surface area contributed by atoms with Gasteiger partial charge in [0.15, 0.2) is 0 Å². The van der Waals surface area contributed by atoms with Gasteiger partial charge in [-0.15, -0.1) is 0 Å². The van der Waals surface area contributed by atoms with E-state index in [0.717, 1.165) is 36.3 Å². The highest BCUT2D eigenvalue weighted by Gasteiger charge is 2.15. The third-order valence-electron chi connectivity index (χ3n) is 2.60. The van der Waals surface area contributed by atoms with Crippen LogP contribution in [0.3, 0.4) is 0 Å². The lowest BCUT2D eigenvalue weighted by Crippen LogP contribution is -2.25. The van der Waals surface area contributed by atoms with E-state index in [1.165, 1.54) is 5.56 Å². The Balaban J connectivity index is 0.000000741. The van der Waals surface area contributed by atoms with Gasteiger partial charge < -0.3 is 9.47 Å². The van der Waals surface area contributed by atoms with Gasteiger partial charge in [-0.25, -0.2) is 0 Å². The lowest BCUT2D eigenvalue weighted by atomic mass is 10.1. The summed E-state index contributed by atoms with van der Waals surface area (Å²) in [5.41, 5.74) is 1.21. The zero-order chi connectivity index (χ0) is 14.7. The standard InChI is InChI=1S/C12H15BrO2.2C2H6/c1-9-8-11(2-3-12(9)13)15-10-4-6-14-7-5-10;2*1-2/h2-3,8,10H,4-7H2,1H3;2*1-2H3. The number of hydrogen-bond acceptors (Lipinski definition) is 2. The maximum atomic E-state index is 5.89. The van der Waals surface area contributed by atoms with Gasteiger partial charge in [0.25, 0.3) is 0 Å². The highest BCUT2D eigenvalue weighted by Crippen LogP contribution is 2.24. The number of ether oxygens (including phenoxy) is 2. The van der Waals surface area contributed by atoms with Crippen molar-refractivity contribution >= 4 is 15.9 Å². The monoisotopic (exact) mass is 330 g/mol. The minimum Gasteiger partial charge on any atom is -0.490 e. The minimum atomic E-state index is 0.319. The molecule has 3 heteroatoms. The summed E-state index contributed by atoms with van der Waals surface area (Å²) >= 11 is 3.48. The predicted molar refractivity (Wildman–Crippen MR) is 86.0 cm³/mol. The van der Waals surface area contributed by atoms with Crippen LogP contribution in [0.5, 0.6) is 5.75 Å². The van der Waals surface area contributed by atoms with E-state index < -0.39 is 0 Å². The molecule has 2 nitrogen and oxygen atoms in total. The molecule has 1 fully saturated rings. The quantitative estimate of drug-likeness (QED) is 0.725. The topological polar surface area (TPSA) is 18.5 Å². The molecule has 0 amide bonds. The van der Waals surface area contributed by atoms with E-state index in [4.69, 9.17) is 9.47 Å². The van der Waals surface area contributed by atoms with Gasteiger partial charge in [0.1, 0.15) is 11.9 Å². The van der Waals surface area contributed by atoms with Gasteiger partial charge in [-0.1, -0.05) is 43.6 Å². The molecule has 0 saturated carbocycles. The van der Waals surface area contributed by atoms with Crippen molar-refractivity contribution in [1.29, 1.82) is 0 Å². The van der Waals surface area contributed by atoms with Crippen LogP contribution in [0.2, 0.25) is 0 Å². The number of benzene rings is 1. The summed E-state index contributed by atoms with van der Waals surface area (Å²) in [5.74, 6) is 0.961. The van der Waals surface area contributed by atoms with Crippen molar-refractivity contribution in [3.05, 3.63) is 28.2 Å². The van der Waals surface area contributed by atoms with Crippen LogP contribution in [0.25, 0.3) is 0 Å². The first-order chi connectivity index (χ1) is 9.25. The smallest absolute Gasteiger partial charge is 0.120 e. The van der Waals surface area contributed by atoms with Crippen LogP contribution in [0.15, 0.2) is 22.7 Å². The molecule has 0 spiro atoms. The van der Waals surface area contributed by atoms with E-state index in [1.807, 2.05) is 39.8 Å². The molecule has 0 aliphatic carbocycles. The van der Waals surface area contributed by atoms with Crippen LogP contribution in [0.1, 0.15) is 46.1 Å². The second-order valence-corrected chi connectivity index (χ2v) is 4.69. The molecule has 0 aromatic heterocycles. The van der Waals surface area contributed by atoms with Crippen molar-refractivity contribution in [2.24, 2.45) is 0 Å². The molecule has 1 saturated heterocycles. The summed E-state index contributed by atoms with van der Waals surface area (Å²) in [5, 5.41) is 0. The first-order valence-corrected chi connectivity index (χ1v) is 8.05. The summed E-state index contributed by atoms with van der Waals surface area (Å²) in [4.78, 5) is 0. The summed E-state index contributed by atoms with van der Waals surface area (Å²) < 4.78 is 12.3. The van der Waals surface area contributed by atoms with E-state index in [-0.39, 0.29) is 0 Å². The van der Waals surface area contributed by atoms with Crippen molar-refractivity contribution in [2.75, 3.05) is 13.2 Å². The van der Waals surface area contributed by atoms with Crippen LogP contribution in [-0.2, 0) is 4.74 Å². The SMILES string of the molecule is CC.CC.Cc1cc(OC2CCOCC2)ccc1Br. The van der Waals surface area contributed by atoms with E-state index in [1.54, 1.807) is 0 Å². The summed E-state index contributed by atoms with van der Waals surface area (Å²) in [6, 6.07) is 6.11. The molecule has 0 N–H and O–H groups in total. The molecule has 1 aliphatic rings. The summed E-state index contributed by atoms with van der Waals surface area (Å²) in [7, 11) is 0. The molecule has 1 heterocycles. The molecule has 1 aromatic rings. The molecule has 0 radical (unpaired) electrons. The predicted octanol–water partition coefficient (Wildman–Crippen LogP) is 5.37. The van der Waals surface area contributed by atoms with Gasteiger partial charge >= 0.3 is 0 Å². The lowest BCUT2D eigenvalue weighted by Gasteiger charge is -2.23. The summed E-state index contributed by atoms with van der Waals surface area (Å²) in [6.07, 6.45) is 2.31. The van der Waals surface area contributed by atoms with Crippen molar-refractivity contribution in [2.45, 2.75) is 53.6 Å². The maximum absolute atomic E-state index is 5.89. The molecule has 19 heavy (non-hydrogen) atoms. The highest BCUT2D eigenvalue weighted by molar-refractivity contribution is 9.10. The van der Waals surface area contributed by atoms with Gasteiger partial charge in [-0.3, -0.25) is 0 Å². The Morgan fingerprint density at radius 1 is 1.11 bits per heavy atom. The fourth-order valence-corrected chi connectivity index (χ4v) is 1.92. The minimum absolute atomic E-state index is 0.319. The van der Waals surface area contributed by atoms with Gasteiger partial charge in [0.05, 0.1) is 13.2 Å². The van der Waals surface area contributed by atoms with Crippen LogP contribution in [-0.4, -0.2) is 19.3 Å². The second kappa shape index (κ2) is 11.3. The third kappa shape index (κ3) is 6.98. The molecule has 0 bridgehead atoms. The van der Waals surface area contributed by atoms with Gasteiger partial charge in [-0.05, 0) is 30.7 Å². The second-order valence-electron chi connectivity index (χ2n) is 3.84. The van der Waals surface area contributed by atoms with Crippen molar-refractivity contribution < 1.29 is 9.47 Å². The van der Waals surface area contributed by atoms with Crippen molar-refractivity contribution in [1.82, 2.24) is 0 Å². The largest absolute Gasteiger partial charge is 0.490 e. The van der Waals surface area contributed by atoms with E-state index in [0.29, 0.717) is 6.10 Å². The number of hydrogen-bond donors (Lipinski definition) is 0. The summed E-state index contributed by atoms with van der Waals surface area (Å²) in [6.45, 7) is 11.7. The van der Waals surface area contributed by atoms with E-state index >= 15 is 0 Å². The molecule has 0 unspecified atom stereocenters. The fourth-order valence-electron chi connectivity index (χ4n) is 1.68. The Hall–Kier alpha value is -0.540. The molecular weight excluding hydrogens is 304 g/mol. The fraction of sp³-hybridized carbons (Fsp3) is 0.625. The van der Waals surface area contributed by atoms with Gasteiger partial charge in [0.2, 0.25) is 0 Å². The average molecular weight is 331 g/mol. The zero-order valence-electron chi connectivity index (χ0n) is 12.8. The molecule has 1 aromatic carbocycles. The Morgan fingerprint density at radius 3 is 2.21 bits per heavy atom. The van der Waals surface area contributed by atoms with Crippen LogP contribution < -0.4 is 4.74 Å². The van der Waals surface area contributed by atoms with E-state index in [9.17, 15) is 0 Å². The molecule has 0 atom stereocenters. The maximum Gasteiger partial charge on any atom is 0.120 e. The highest BCUT2D eigenvalue weighted by atomic mass is 79.9. The van der Waals surface area contributed by atoms with Crippen LogP contribution in [0.4, 0.5) is 0 Å².